The van der Waals surface area contributed by atoms with E-state index < -0.39 is 0 Å². The molecule has 0 aliphatic carbocycles. The lowest BCUT2D eigenvalue weighted by molar-refractivity contribution is -0.153. The predicted octanol–water partition coefficient (Wildman–Crippen LogP) is 2.77. The first kappa shape index (κ1) is 20.1. The average molecular weight is 401 g/mol. The maximum Gasteiger partial charge on any atom is 0.309 e. The van der Waals surface area contributed by atoms with Gasteiger partial charge in [-0.25, -0.2) is 0 Å². The minimum Gasteiger partial charge on any atom is -0.455 e. The number of hydrogen-bond donors (Lipinski definition) is 1. The number of thiophene rings is 1. The van der Waals surface area contributed by atoms with Gasteiger partial charge in [0.25, 0.3) is 11.8 Å². The van der Waals surface area contributed by atoms with E-state index in [1.807, 2.05) is 48.7 Å². The monoisotopic (exact) mass is 400 g/mol. The number of esters is 1. The zero-order valence-corrected chi connectivity index (χ0v) is 16.7. The zero-order chi connectivity index (χ0) is 19.9. The van der Waals surface area contributed by atoms with Crippen LogP contribution in [0.5, 0.6) is 0 Å². The third-order valence-electron chi connectivity index (χ3n) is 4.93. The Kier molecular flexibility index (Phi) is 6.81. The normalized spacial score (nSPS) is 14.5. The highest BCUT2D eigenvalue weighted by Crippen LogP contribution is 2.21. The molecule has 1 aliphatic heterocycles. The van der Waals surface area contributed by atoms with Gasteiger partial charge in [-0.1, -0.05) is 30.3 Å². The molecule has 0 atom stereocenters. The molecule has 1 aromatic heterocycles. The summed E-state index contributed by atoms with van der Waals surface area (Å²) < 4.78 is 5.18. The average Bonchev–Trinajstić information content (AvgIpc) is 3.26. The van der Waals surface area contributed by atoms with Gasteiger partial charge in [-0.2, -0.15) is 0 Å². The van der Waals surface area contributed by atoms with Crippen LogP contribution >= 0.6 is 11.3 Å². The van der Waals surface area contributed by atoms with Gasteiger partial charge in [0.05, 0.1) is 10.8 Å². The summed E-state index contributed by atoms with van der Waals surface area (Å²) in [6.45, 7) is 3.16. The Balaban J connectivity index is 1.38. The van der Waals surface area contributed by atoms with Crippen LogP contribution in [-0.2, 0) is 20.9 Å². The topological polar surface area (TPSA) is 75.7 Å². The summed E-state index contributed by atoms with van der Waals surface area (Å²) in [6.07, 6.45) is 1.11. The van der Waals surface area contributed by atoms with Crippen LogP contribution in [-0.4, -0.2) is 42.4 Å². The number of benzene rings is 1. The van der Waals surface area contributed by atoms with Crippen LogP contribution in [0.4, 0.5) is 0 Å². The fourth-order valence-electron chi connectivity index (χ4n) is 3.18. The third kappa shape index (κ3) is 5.19. The second-order valence-electron chi connectivity index (χ2n) is 6.85. The number of piperidine rings is 1. The largest absolute Gasteiger partial charge is 0.455 e. The van der Waals surface area contributed by atoms with Crippen molar-refractivity contribution in [2.45, 2.75) is 26.3 Å². The number of carbonyl (C=O) groups is 3. The van der Waals surface area contributed by atoms with Crippen LogP contribution in [0, 0.1) is 12.8 Å². The maximum absolute atomic E-state index is 12.3. The highest BCUT2D eigenvalue weighted by Gasteiger charge is 2.29. The van der Waals surface area contributed by atoms with E-state index >= 15 is 0 Å². The standard InChI is InChI=1S/C21H24N2O4S/c1-15-5-2-3-6-17(15)13-22-19(24)14-27-21(26)16-8-10-23(11-9-16)20(25)18-7-4-12-28-18/h2-7,12,16H,8-11,13-14H2,1H3,(H,22,24). The van der Waals surface area contributed by atoms with Gasteiger partial charge < -0.3 is 15.0 Å². The van der Waals surface area contributed by atoms with Crippen molar-refractivity contribution < 1.29 is 19.1 Å². The predicted molar refractivity (Wildman–Crippen MR) is 107 cm³/mol. The molecule has 2 amide bonds. The van der Waals surface area contributed by atoms with E-state index in [2.05, 4.69) is 5.32 Å². The number of nitrogens with zero attached hydrogens (tertiary/aromatic N) is 1. The summed E-state index contributed by atoms with van der Waals surface area (Å²) in [5, 5.41) is 4.64. The van der Waals surface area contributed by atoms with Crippen LogP contribution in [0.15, 0.2) is 41.8 Å². The third-order valence-corrected chi connectivity index (χ3v) is 5.79. The SMILES string of the molecule is Cc1ccccc1CNC(=O)COC(=O)C1CCN(C(=O)c2cccs2)CC1. The number of aryl methyl sites for hydroxylation is 1. The van der Waals surface area contributed by atoms with Crippen LogP contribution in [0.25, 0.3) is 0 Å². The van der Waals surface area contributed by atoms with Gasteiger partial charge in [0, 0.05) is 19.6 Å². The molecule has 1 aromatic carbocycles. The first-order chi connectivity index (χ1) is 13.5. The van der Waals surface area contributed by atoms with Crippen LogP contribution in [0.2, 0.25) is 0 Å². The summed E-state index contributed by atoms with van der Waals surface area (Å²) in [4.78, 5) is 39.0. The molecule has 0 radical (unpaired) electrons. The number of hydrogen-bond acceptors (Lipinski definition) is 5. The molecule has 1 saturated heterocycles. The maximum atomic E-state index is 12.3. The van der Waals surface area contributed by atoms with E-state index in [4.69, 9.17) is 4.74 Å². The molecule has 3 rings (SSSR count). The molecule has 1 aliphatic rings. The van der Waals surface area contributed by atoms with Gasteiger partial charge in [0.15, 0.2) is 6.61 Å². The van der Waals surface area contributed by atoms with Crippen molar-refractivity contribution in [3.63, 3.8) is 0 Å². The lowest BCUT2D eigenvalue weighted by Gasteiger charge is -2.30. The Bertz CT molecular complexity index is 827. The summed E-state index contributed by atoms with van der Waals surface area (Å²) in [5.74, 6) is -0.940. The Morgan fingerprint density at radius 2 is 1.89 bits per heavy atom. The molecule has 2 aromatic rings. The van der Waals surface area contributed by atoms with E-state index in [-0.39, 0.29) is 30.3 Å². The molecule has 28 heavy (non-hydrogen) atoms. The molecule has 0 unspecified atom stereocenters. The van der Waals surface area contributed by atoms with Crippen LogP contribution in [0.3, 0.4) is 0 Å². The molecular formula is C21H24N2O4S. The van der Waals surface area contributed by atoms with Crippen molar-refractivity contribution in [1.82, 2.24) is 10.2 Å². The van der Waals surface area contributed by atoms with Crippen molar-refractivity contribution >= 4 is 29.1 Å². The summed E-state index contributed by atoms with van der Waals surface area (Å²) in [5.41, 5.74) is 2.13. The fourth-order valence-corrected chi connectivity index (χ4v) is 3.87. The van der Waals surface area contributed by atoms with Crippen molar-refractivity contribution in [2.24, 2.45) is 5.92 Å². The molecule has 2 heterocycles. The van der Waals surface area contributed by atoms with E-state index in [0.29, 0.717) is 37.4 Å². The highest BCUT2D eigenvalue weighted by atomic mass is 32.1. The number of likely N-dealkylation sites (tertiary alicyclic amines) is 1. The Hall–Kier alpha value is -2.67. The Labute approximate surface area is 168 Å². The van der Waals surface area contributed by atoms with Gasteiger partial charge in [-0.05, 0) is 42.3 Å². The molecule has 1 fully saturated rings. The second kappa shape index (κ2) is 9.50. The van der Waals surface area contributed by atoms with Crippen LogP contribution < -0.4 is 5.32 Å². The first-order valence-electron chi connectivity index (χ1n) is 9.35. The minimum atomic E-state index is -0.366. The number of rotatable bonds is 6. The molecular weight excluding hydrogens is 376 g/mol. The molecule has 0 saturated carbocycles. The molecule has 148 valence electrons. The number of nitrogens with one attached hydrogen (secondary N) is 1. The van der Waals surface area contributed by atoms with E-state index in [1.54, 1.807) is 4.90 Å². The minimum absolute atomic E-state index is 0.0115. The molecule has 0 spiro atoms. The van der Waals surface area contributed by atoms with Gasteiger partial charge >= 0.3 is 5.97 Å². The lowest BCUT2D eigenvalue weighted by atomic mass is 9.97. The van der Waals surface area contributed by atoms with Crippen molar-refractivity contribution in [1.29, 1.82) is 0 Å². The van der Waals surface area contributed by atoms with Crippen molar-refractivity contribution in [3.8, 4) is 0 Å². The smallest absolute Gasteiger partial charge is 0.309 e. The van der Waals surface area contributed by atoms with Gasteiger partial charge in [0.1, 0.15) is 0 Å². The molecule has 7 heteroatoms. The number of carbonyl (C=O) groups excluding carboxylic acids is 3. The van der Waals surface area contributed by atoms with E-state index in [1.165, 1.54) is 11.3 Å². The number of amides is 2. The Morgan fingerprint density at radius 3 is 2.57 bits per heavy atom. The van der Waals surface area contributed by atoms with E-state index in [0.717, 1.165) is 11.1 Å². The van der Waals surface area contributed by atoms with Crippen molar-refractivity contribution in [2.75, 3.05) is 19.7 Å². The van der Waals surface area contributed by atoms with Gasteiger partial charge in [-0.3, -0.25) is 14.4 Å². The summed E-state index contributed by atoms with van der Waals surface area (Å²) in [6, 6.07) is 11.5. The Morgan fingerprint density at radius 1 is 1.14 bits per heavy atom. The zero-order valence-electron chi connectivity index (χ0n) is 15.8. The van der Waals surface area contributed by atoms with E-state index in [9.17, 15) is 14.4 Å². The summed E-state index contributed by atoms with van der Waals surface area (Å²) >= 11 is 1.42. The van der Waals surface area contributed by atoms with Crippen molar-refractivity contribution in [3.05, 3.63) is 57.8 Å². The molecule has 6 nitrogen and oxygen atoms in total. The lowest BCUT2D eigenvalue weighted by Crippen LogP contribution is -2.41. The molecule has 0 bridgehead atoms. The fraction of sp³-hybridized carbons (Fsp3) is 0.381. The quantitative estimate of drug-likeness (QED) is 0.757. The van der Waals surface area contributed by atoms with Crippen LogP contribution in [0.1, 0.15) is 33.6 Å². The molecule has 1 N–H and O–H groups in total. The van der Waals surface area contributed by atoms with Gasteiger partial charge in [0.2, 0.25) is 0 Å². The second-order valence-corrected chi connectivity index (χ2v) is 7.80. The first-order valence-corrected chi connectivity index (χ1v) is 10.2. The summed E-state index contributed by atoms with van der Waals surface area (Å²) in [7, 11) is 0. The van der Waals surface area contributed by atoms with Gasteiger partial charge in [-0.15, -0.1) is 11.3 Å². The highest BCUT2D eigenvalue weighted by molar-refractivity contribution is 7.12. The number of ether oxygens (including phenoxy) is 1.